The molecule has 0 aromatic carbocycles. The van der Waals surface area contributed by atoms with Crippen LogP contribution in [0.15, 0.2) is 0 Å². The fraction of sp³-hybridized carbons (Fsp3) is 0.600. The largest absolute Gasteiger partial charge is 0.480 e. The molecule has 0 bridgehead atoms. The molecule has 5 heteroatoms. The Balaban J connectivity index is 4.01. The lowest BCUT2D eigenvalue weighted by Crippen LogP contribution is -2.46. The smallest absolute Gasteiger partial charge is 0.327 e. The number of carboxylic acids is 1. The monoisotopic (exact) mass is 212 g/mol. The highest BCUT2D eigenvalue weighted by Gasteiger charge is 2.18. The first-order valence-electron chi connectivity index (χ1n) is 4.68. The molecular formula is C10H16N2O3. The Morgan fingerprint density at radius 3 is 2.47 bits per heavy atom. The van der Waals surface area contributed by atoms with E-state index in [1.165, 1.54) is 0 Å². The Hall–Kier alpha value is -1.70. The molecule has 0 spiro atoms. The molecule has 0 heterocycles. The minimum absolute atomic E-state index is 0.0234. The number of terminal acetylenes is 1. The fourth-order valence-electron chi connectivity index (χ4n) is 0.824. The van der Waals surface area contributed by atoms with E-state index in [1.807, 2.05) is 13.8 Å². The van der Waals surface area contributed by atoms with Gasteiger partial charge in [-0.3, -0.25) is 0 Å². The first-order valence-corrected chi connectivity index (χ1v) is 4.68. The molecule has 0 saturated carbocycles. The zero-order chi connectivity index (χ0) is 11.8. The highest BCUT2D eigenvalue weighted by Crippen LogP contribution is 1.91. The van der Waals surface area contributed by atoms with Crippen LogP contribution in [0.3, 0.4) is 0 Å². The molecule has 0 radical (unpaired) electrons. The third-order valence-electron chi connectivity index (χ3n) is 1.60. The number of carboxylic acid groups (broad SMARTS) is 1. The van der Waals surface area contributed by atoms with Gasteiger partial charge in [0.25, 0.3) is 0 Å². The van der Waals surface area contributed by atoms with E-state index in [-0.39, 0.29) is 6.42 Å². The van der Waals surface area contributed by atoms with Gasteiger partial charge in [-0.1, -0.05) is 13.8 Å². The molecule has 0 aliphatic heterocycles. The standard InChI is InChI=1S/C10H16N2O3/c1-4-5-8(9(13)14)12-10(15)11-6-7(2)3/h1,7-8H,5-6H2,2-3H3,(H,13,14)(H2,11,12,15). The Labute approximate surface area is 89.2 Å². The van der Waals surface area contributed by atoms with Crippen LogP contribution in [0.5, 0.6) is 0 Å². The lowest BCUT2D eigenvalue weighted by molar-refractivity contribution is -0.139. The third kappa shape index (κ3) is 6.38. The summed E-state index contributed by atoms with van der Waals surface area (Å²) in [5, 5.41) is 13.5. The Morgan fingerprint density at radius 2 is 2.07 bits per heavy atom. The van der Waals surface area contributed by atoms with Crippen LogP contribution in [0, 0.1) is 18.3 Å². The van der Waals surface area contributed by atoms with Crippen molar-refractivity contribution in [3.8, 4) is 12.3 Å². The summed E-state index contributed by atoms with van der Waals surface area (Å²) in [4.78, 5) is 21.8. The molecule has 0 aliphatic carbocycles. The first kappa shape index (κ1) is 13.3. The van der Waals surface area contributed by atoms with E-state index in [4.69, 9.17) is 11.5 Å². The molecule has 1 atom stereocenters. The van der Waals surface area contributed by atoms with Gasteiger partial charge in [0, 0.05) is 13.0 Å². The second kappa shape index (κ2) is 6.71. The predicted molar refractivity (Wildman–Crippen MR) is 56.2 cm³/mol. The van der Waals surface area contributed by atoms with Crippen LogP contribution < -0.4 is 10.6 Å². The van der Waals surface area contributed by atoms with Crippen molar-refractivity contribution in [2.75, 3.05) is 6.54 Å². The fourth-order valence-corrected chi connectivity index (χ4v) is 0.824. The normalized spacial score (nSPS) is 11.6. The molecule has 0 aromatic rings. The van der Waals surface area contributed by atoms with Gasteiger partial charge in [-0.25, -0.2) is 9.59 Å². The van der Waals surface area contributed by atoms with Crippen molar-refractivity contribution in [3.63, 3.8) is 0 Å². The molecule has 15 heavy (non-hydrogen) atoms. The van der Waals surface area contributed by atoms with Crippen LogP contribution in [0.4, 0.5) is 4.79 Å². The minimum atomic E-state index is -1.13. The van der Waals surface area contributed by atoms with Crippen LogP contribution in [0.1, 0.15) is 20.3 Å². The van der Waals surface area contributed by atoms with Crippen LogP contribution >= 0.6 is 0 Å². The summed E-state index contributed by atoms with van der Waals surface area (Å²) in [5.74, 6) is 1.38. The number of urea groups is 1. The lowest BCUT2D eigenvalue weighted by atomic mass is 10.2. The van der Waals surface area contributed by atoms with Gasteiger partial charge < -0.3 is 15.7 Å². The molecule has 2 amide bonds. The number of rotatable bonds is 5. The molecule has 0 aromatic heterocycles. The van der Waals surface area contributed by atoms with Gasteiger partial charge in [0.05, 0.1) is 0 Å². The van der Waals surface area contributed by atoms with E-state index in [9.17, 15) is 9.59 Å². The number of nitrogens with one attached hydrogen (secondary N) is 2. The first-order chi connectivity index (χ1) is 6.97. The van der Waals surface area contributed by atoms with Crippen molar-refractivity contribution < 1.29 is 14.7 Å². The Kier molecular flexibility index (Phi) is 5.95. The van der Waals surface area contributed by atoms with Gasteiger partial charge in [-0.15, -0.1) is 12.3 Å². The van der Waals surface area contributed by atoms with Crippen molar-refractivity contribution in [1.82, 2.24) is 10.6 Å². The molecule has 0 fully saturated rings. The summed E-state index contributed by atoms with van der Waals surface area (Å²) in [5.41, 5.74) is 0. The molecular weight excluding hydrogens is 196 g/mol. The topological polar surface area (TPSA) is 78.4 Å². The van der Waals surface area contributed by atoms with Gasteiger partial charge in [-0.2, -0.15) is 0 Å². The predicted octanol–water partition coefficient (Wildman–Crippen LogP) is 0.418. The van der Waals surface area contributed by atoms with Crippen molar-refractivity contribution >= 4 is 12.0 Å². The Bertz CT molecular complexity index is 268. The zero-order valence-corrected chi connectivity index (χ0v) is 8.91. The molecule has 1 unspecified atom stereocenters. The summed E-state index contributed by atoms with van der Waals surface area (Å²) >= 11 is 0. The third-order valence-corrected chi connectivity index (χ3v) is 1.60. The van der Waals surface area contributed by atoms with Gasteiger partial charge in [0.1, 0.15) is 6.04 Å². The van der Waals surface area contributed by atoms with Gasteiger partial charge in [0.15, 0.2) is 0 Å². The summed E-state index contributed by atoms with van der Waals surface area (Å²) in [6, 6.07) is -1.53. The molecule has 0 saturated heterocycles. The van der Waals surface area contributed by atoms with E-state index < -0.39 is 18.0 Å². The molecule has 0 rings (SSSR count). The summed E-state index contributed by atoms with van der Waals surface area (Å²) in [7, 11) is 0. The second-order valence-electron chi connectivity index (χ2n) is 3.55. The number of aliphatic carboxylic acids is 1. The highest BCUT2D eigenvalue weighted by atomic mass is 16.4. The lowest BCUT2D eigenvalue weighted by Gasteiger charge is -2.13. The maximum atomic E-state index is 11.2. The summed E-state index contributed by atoms with van der Waals surface area (Å²) in [6.07, 6.45) is 4.96. The summed E-state index contributed by atoms with van der Waals surface area (Å²) < 4.78 is 0. The quantitative estimate of drug-likeness (QED) is 0.578. The van der Waals surface area contributed by atoms with Crippen molar-refractivity contribution in [2.24, 2.45) is 5.92 Å². The van der Waals surface area contributed by atoms with Crippen LogP contribution in [0.2, 0.25) is 0 Å². The van der Waals surface area contributed by atoms with Crippen molar-refractivity contribution in [2.45, 2.75) is 26.3 Å². The van der Waals surface area contributed by atoms with E-state index in [2.05, 4.69) is 16.6 Å². The van der Waals surface area contributed by atoms with Crippen LogP contribution in [0.25, 0.3) is 0 Å². The average molecular weight is 212 g/mol. The van der Waals surface area contributed by atoms with Crippen molar-refractivity contribution in [3.05, 3.63) is 0 Å². The van der Waals surface area contributed by atoms with E-state index in [1.54, 1.807) is 0 Å². The maximum Gasteiger partial charge on any atom is 0.327 e. The Morgan fingerprint density at radius 1 is 1.47 bits per heavy atom. The molecule has 5 nitrogen and oxygen atoms in total. The average Bonchev–Trinajstić information content (AvgIpc) is 2.14. The van der Waals surface area contributed by atoms with Crippen LogP contribution in [-0.4, -0.2) is 29.7 Å². The van der Waals surface area contributed by atoms with E-state index >= 15 is 0 Å². The number of carbonyl (C=O) groups excluding carboxylic acids is 1. The molecule has 0 aliphatic rings. The SMILES string of the molecule is C#CCC(NC(=O)NCC(C)C)C(=O)O. The van der Waals surface area contributed by atoms with Gasteiger partial charge in [0.2, 0.25) is 0 Å². The van der Waals surface area contributed by atoms with Crippen LogP contribution in [-0.2, 0) is 4.79 Å². The molecule has 3 N–H and O–H groups in total. The minimum Gasteiger partial charge on any atom is -0.480 e. The highest BCUT2D eigenvalue weighted by molar-refractivity contribution is 5.82. The number of hydrogen-bond acceptors (Lipinski definition) is 2. The van der Waals surface area contributed by atoms with Gasteiger partial charge >= 0.3 is 12.0 Å². The number of amides is 2. The molecule has 84 valence electrons. The maximum absolute atomic E-state index is 11.2. The van der Waals surface area contributed by atoms with E-state index in [0.29, 0.717) is 12.5 Å². The van der Waals surface area contributed by atoms with Crippen molar-refractivity contribution in [1.29, 1.82) is 0 Å². The van der Waals surface area contributed by atoms with E-state index in [0.717, 1.165) is 0 Å². The zero-order valence-electron chi connectivity index (χ0n) is 8.91. The van der Waals surface area contributed by atoms with Gasteiger partial charge in [-0.05, 0) is 5.92 Å². The number of hydrogen-bond donors (Lipinski definition) is 3. The second-order valence-corrected chi connectivity index (χ2v) is 3.55. The number of carbonyl (C=O) groups is 2. The summed E-state index contributed by atoms with van der Waals surface area (Å²) in [6.45, 7) is 4.38.